The molecular formula is C25H22N2O2. The molecule has 4 heteroatoms. The van der Waals surface area contributed by atoms with Crippen molar-refractivity contribution >= 4 is 49.7 Å². The number of para-hydroxylation sites is 1. The molecule has 0 saturated heterocycles. The van der Waals surface area contributed by atoms with Crippen molar-refractivity contribution in [3.05, 3.63) is 59.7 Å². The summed E-state index contributed by atoms with van der Waals surface area (Å²) in [5, 5.41) is 4.73. The van der Waals surface area contributed by atoms with Gasteiger partial charge in [-0.1, -0.05) is 30.3 Å². The number of H-pyrrole nitrogens is 1. The van der Waals surface area contributed by atoms with Gasteiger partial charge in [0.25, 0.3) is 0 Å². The standard InChI is InChI=1S/C25H22N2O2/c1-25(2,3)29-24(28)27-19-10-6-7-14-11-12-16-22(21(14)19)20(27)13-17-15-8-4-5-9-18(15)26-23(16)17/h4-10,13,26H,11-12H2,1-3H3. The number of nitrogens with one attached hydrogen (secondary N) is 1. The van der Waals surface area contributed by atoms with Crippen molar-refractivity contribution in [2.24, 2.45) is 0 Å². The summed E-state index contributed by atoms with van der Waals surface area (Å²) in [7, 11) is 0. The highest BCUT2D eigenvalue weighted by Gasteiger charge is 2.28. The van der Waals surface area contributed by atoms with Crippen LogP contribution in [0.1, 0.15) is 31.9 Å². The number of aromatic amines is 1. The third kappa shape index (κ3) is 2.23. The molecule has 3 aromatic carbocycles. The van der Waals surface area contributed by atoms with E-state index in [-0.39, 0.29) is 6.09 Å². The molecule has 0 fully saturated rings. The highest BCUT2D eigenvalue weighted by Crippen LogP contribution is 2.43. The molecule has 0 unspecified atom stereocenters. The van der Waals surface area contributed by atoms with Crippen LogP contribution in [0.3, 0.4) is 0 Å². The van der Waals surface area contributed by atoms with E-state index >= 15 is 0 Å². The topological polar surface area (TPSA) is 47.0 Å². The third-order valence-electron chi connectivity index (χ3n) is 5.97. The van der Waals surface area contributed by atoms with Crippen LogP contribution < -0.4 is 0 Å². The van der Waals surface area contributed by atoms with Gasteiger partial charge in [-0.25, -0.2) is 9.36 Å². The van der Waals surface area contributed by atoms with Crippen LogP contribution in [0.25, 0.3) is 43.6 Å². The quantitative estimate of drug-likeness (QED) is 0.341. The van der Waals surface area contributed by atoms with E-state index in [2.05, 4.69) is 41.4 Å². The number of fused-ring (bicyclic) bond motifs is 4. The van der Waals surface area contributed by atoms with Gasteiger partial charge in [-0.2, -0.15) is 0 Å². The molecule has 0 aliphatic heterocycles. The second-order valence-corrected chi connectivity index (χ2v) is 8.97. The average Bonchev–Trinajstić information content (AvgIpc) is 3.21. The lowest BCUT2D eigenvalue weighted by Gasteiger charge is -2.20. The van der Waals surface area contributed by atoms with Crippen LogP contribution in [0.5, 0.6) is 0 Å². The van der Waals surface area contributed by atoms with E-state index in [1.165, 1.54) is 38.2 Å². The lowest BCUT2D eigenvalue weighted by atomic mass is 9.89. The Morgan fingerprint density at radius 3 is 2.62 bits per heavy atom. The number of carbonyl (C=O) groups excluding carboxylic acids is 1. The van der Waals surface area contributed by atoms with E-state index < -0.39 is 5.60 Å². The molecule has 5 aromatic rings. The number of hydrogen-bond donors (Lipinski definition) is 1. The SMILES string of the molecule is CC(C)(C)OC(=O)n1c2cccc3c2c2c(c4[nH]c5ccccc5c4cc21)CC3. The van der Waals surface area contributed by atoms with Crippen molar-refractivity contribution < 1.29 is 9.53 Å². The number of carbonyl (C=O) groups is 1. The van der Waals surface area contributed by atoms with Crippen molar-refractivity contribution in [2.45, 2.75) is 39.2 Å². The smallest absolute Gasteiger partial charge is 0.419 e. The first-order valence-corrected chi connectivity index (χ1v) is 10.1. The van der Waals surface area contributed by atoms with E-state index in [0.717, 1.165) is 29.4 Å². The van der Waals surface area contributed by atoms with Crippen LogP contribution in [-0.2, 0) is 17.6 Å². The summed E-state index contributed by atoms with van der Waals surface area (Å²) in [6.07, 6.45) is 1.62. The van der Waals surface area contributed by atoms with Gasteiger partial charge in [-0.3, -0.25) is 0 Å². The Balaban J connectivity index is 1.82. The Labute approximate surface area is 168 Å². The van der Waals surface area contributed by atoms with Crippen molar-refractivity contribution in [3.63, 3.8) is 0 Å². The summed E-state index contributed by atoms with van der Waals surface area (Å²) in [6.45, 7) is 5.72. The van der Waals surface area contributed by atoms with Gasteiger partial charge in [-0.05, 0) is 62.9 Å². The average molecular weight is 382 g/mol. The van der Waals surface area contributed by atoms with E-state index in [0.29, 0.717) is 0 Å². The lowest BCUT2D eigenvalue weighted by molar-refractivity contribution is 0.0551. The van der Waals surface area contributed by atoms with Gasteiger partial charge in [-0.15, -0.1) is 0 Å². The molecule has 29 heavy (non-hydrogen) atoms. The van der Waals surface area contributed by atoms with Crippen LogP contribution >= 0.6 is 0 Å². The first-order chi connectivity index (χ1) is 13.9. The number of hydrogen-bond acceptors (Lipinski definition) is 2. The van der Waals surface area contributed by atoms with Crippen molar-refractivity contribution in [1.82, 2.24) is 9.55 Å². The van der Waals surface area contributed by atoms with Gasteiger partial charge < -0.3 is 9.72 Å². The summed E-state index contributed by atoms with van der Waals surface area (Å²) in [4.78, 5) is 16.9. The second-order valence-electron chi connectivity index (χ2n) is 8.97. The maximum atomic E-state index is 13.3. The fraction of sp³-hybridized carbons (Fsp3) is 0.240. The molecule has 2 aromatic heterocycles. The van der Waals surface area contributed by atoms with Gasteiger partial charge in [0.15, 0.2) is 0 Å². The van der Waals surface area contributed by atoms with Gasteiger partial charge in [0.2, 0.25) is 0 Å². The molecule has 0 radical (unpaired) electrons. The summed E-state index contributed by atoms with van der Waals surface area (Å²) in [5.41, 5.74) is 6.25. The van der Waals surface area contributed by atoms with E-state index in [9.17, 15) is 4.79 Å². The minimum Gasteiger partial charge on any atom is -0.443 e. The Hall–Kier alpha value is -3.27. The molecule has 1 N–H and O–H groups in total. The largest absolute Gasteiger partial charge is 0.443 e. The Morgan fingerprint density at radius 2 is 1.79 bits per heavy atom. The zero-order valence-electron chi connectivity index (χ0n) is 16.8. The molecule has 1 aliphatic carbocycles. The van der Waals surface area contributed by atoms with E-state index in [1.807, 2.05) is 32.9 Å². The normalized spacial score (nSPS) is 13.9. The molecule has 0 bridgehead atoms. The molecule has 0 spiro atoms. The highest BCUT2D eigenvalue weighted by molar-refractivity contribution is 6.23. The zero-order chi connectivity index (χ0) is 19.9. The fourth-order valence-corrected chi connectivity index (χ4v) is 4.91. The number of rotatable bonds is 0. The van der Waals surface area contributed by atoms with Crippen LogP contribution in [0.2, 0.25) is 0 Å². The number of ether oxygens (including phenoxy) is 1. The summed E-state index contributed by atoms with van der Waals surface area (Å²) >= 11 is 0. The van der Waals surface area contributed by atoms with Gasteiger partial charge in [0.1, 0.15) is 5.60 Å². The summed E-state index contributed by atoms with van der Waals surface area (Å²) < 4.78 is 7.57. The molecule has 6 rings (SSSR count). The molecule has 4 nitrogen and oxygen atoms in total. The predicted octanol–water partition coefficient (Wildman–Crippen LogP) is 6.31. The van der Waals surface area contributed by atoms with Gasteiger partial charge >= 0.3 is 6.09 Å². The molecule has 144 valence electrons. The monoisotopic (exact) mass is 382 g/mol. The molecule has 1 aliphatic rings. The highest BCUT2D eigenvalue weighted by atomic mass is 16.6. The molecule has 0 saturated carbocycles. The van der Waals surface area contributed by atoms with Crippen LogP contribution in [0.4, 0.5) is 4.79 Å². The first-order valence-electron chi connectivity index (χ1n) is 10.1. The zero-order valence-corrected chi connectivity index (χ0v) is 16.8. The minimum atomic E-state index is -0.550. The summed E-state index contributed by atoms with van der Waals surface area (Å²) in [6, 6.07) is 16.8. The Bertz CT molecular complexity index is 1480. The molecule has 0 atom stereocenters. The maximum absolute atomic E-state index is 13.3. The number of aromatic nitrogens is 2. The lowest BCUT2D eigenvalue weighted by Crippen LogP contribution is -2.27. The van der Waals surface area contributed by atoms with Crippen molar-refractivity contribution in [2.75, 3.05) is 0 Å². The Kier molecular flexibility index (Phi) is 3.11. The molecule has 0 amide bonds. The molecule has 2 heterocycles. The third-order valence-corrected chi connectivity index (χ3v) is 5.97. The van der Waals surface area contributed by atoms with Crippen molar-refractivity contribution in [1.29, 1.82) is 0 Å². The van der Waals surface area contributed by atoms with Crippen LogP contribution in [-0.4, -0.2) is 21.2 Å². The van der Waals surface area contributed by atoms with Crippen LogP contribution in [0.15, 0.2) is 48.5 Å². The predicted molar refractivity (Wildman–Crippen MR) is 118 cm³/mol. The van der Waals surface area contributed by atoms with E-state index in [4.69, 9.17) is 4.74 Å². The number of benzene rings is 3. The van der Waals surface area contributed by atoms with Crippen molar-refractivity contribution in [3.8, 4) is 0 Å². The Morgan fingerprint density at radius 1 is 0.966 bits per heavy atom. The summed E-state index contributed by atoms with van der Waals surface area (Å²) in [5.74, 6) is 0. The maximum Gasteiger partial charge on any atom is 0.419 e. The number of nitrogens with zero attached hydrogens (tertiary/aromatic N) is 1. The second kappa shape index (κ2) is 5.41. The first kappa shape index (κ1) is 16.7. The minimum absolute atomic E-state index is 0.318. The molecular weight excluding hydrogens is 360 g/mol. The van der Waals surface area contributed by atoms with E-state index in [1.54, 1.807) is 4.57 Å². The van der Waals surface area contributed by atoms with Gasteiger partial charge in [0.05, 0.1) is 16.6 Å². The van der Waals surface area contributed by atoms with Crippen LogP contribution in [0, 0.1) is 0 Å². The fourth-order valence-electron chi connectivity index (χ4n) is 4.91. The van der Waals surface area contributed by atoms with Gasteiger partial charge in [0, 0.05) is 27.1 Å². The number of aryl methyl sites for hydroxylation is 2.